The van der Waals surface area contributed by atoms with Crippen LogP contribution in [0.4, 0.5) is 0 Å². The normalized spacial score (nSPS) is 11.6. The van der Waals surface area contributed by atoms with E-state index in [9.17, 15) is 13.2 Å². The maximum absolute atomic E-state index is 11.6. The summed E-state index contributed by atoms with van der Waals surface area (Å²) < 4.78 is 29.4. The molecule has 0 aliphatic heterocycles. The van der Waals surface area contributed by atoms with Crippen molar-refractivity contribution in [3.05, 3.63) is 22.4 Å². The van der Waals surface area contributed by atoms with E-state index in [0.717, 1.165) is 24.8 Å². The molecule has 0 aliphatic carbocycles. The van der Waals surface area contributed by atoms with Gasteiger partial charge in [-0.3, -0.25) is 9.35 Å². The monoisotopic (exact) mass is 276 g/mol. The van der Waals surface area contributed by atoms with Gasteiger partial charge >= 0.3 is 0 Å². The van der Waals surface area contributed by atoms with Gasteiger partial charge in [0.05, 0.1) is 5.75 Å². The highest BCUT2D eigenvalue weighted by atomic mass is 32.2. The smallest absolute Gasteiger partial charge is 0.264 e. The van der Waals surface area contributed by atoms with Crippen LogP contribution in [-0.4, -0.2) is 24.5 Å². The van der Waals surface area contributed by atoms with Crippen LogP contribution in [0.3, 0.4) is 0 Å². The Morgan fingerprint density at radius 3 is 2.53 bits per heavy atom. The largest absolute Gasteiger partial charge is 0.294 e. The highest BCUT2D eigenvalue weighted by Crippen LogP contribution is 2.12. The SMILES string of the molecule is O=C(CCCCCCS(=O)(=O)O)c1ccsc1. The molecule has 96 valence electrons. The summed E-state index contributed by atoms with van der Waals surface area (Å²) in [6.45, 7) is 0. The summed E-state index contributed by atoms with van der Waals surface area (Å²) in [5, 5.41) is 3.71. The van der Waals surface area contributed by atoms with Gasteiger partial charge in [0.2, 0.25) is 0 Å². The van der Waals surface area contributed by atoms with Gasteiger partial charge in [0.15, 0.2) is 5.78 Å². The molecule has 1 N–H and O–H groups in total. The third kappa shape index (κ3) is 6.55. The Hall–Kier alpha value is -0.720. The highest BCUT2D eigenvalue weighted by Gasteiger charge is 2.06. The minimum Gasteiger partial charge on any atom is -0.294 e. The van der Waals surface area contributed by atoms with Crippen molar-refractivity contribution < 1.29 is 17.8 Å². The molecule has 0 aliphatic rings. The van der Waals surface area contributed by atoms with Crippen LogP contribution in [0.25, 0.3) is 0 Å². The summed E-state index contributed by atoms with van der Waals surface area (Å²) in [6, 6.07) is 1.81. The van der Waals surface area contributed by atoms with Crippen LogP contribution in [-0.2, 0) is 10.1 Å². The highest BCUT2D eigenvalue weighted by molar-refractivity contribution is 7.85. The lowest BCUT2D eigenvalue weighted by Gasteiger charge is -1.99. The van der Waals surface area contributed by atoms with E-state index in [-0.39, 0.29) is 11.5 Å². The Morgan fingerprint density at radius 1 is 1.24 bits per heavy atom. The van der Waals surface area contributed by atoms with Crippen molar-refractivity contribution in [1.82, 2.24) is 0 Å². The Morgan fingerprint density at radius 2 is 1.94 bits per heavy atom. The lowest BCUT2D eigenvalue weighted by Crippen LogP contribution is -2.03. The molecule has 0 spiro atoms. The molecule has 0 radical (unpaired) electrons. The fourth-order valence-electron chi connectivity index (χ4n) is 1.49. The molecular weight excluding hydrogens is 260 g/mol. The molecule has 1 aromatic heterocycles. The number of rotatable bonds is 8. The van der Waals surface area contributed by atoms with Crippen molar-refractivity contribution in [3.63, 3.8) is 0 Å². The van der Waals surface area contributed by atoms with Crippen molar-refractivity contribution in [2.75, 3.05) is 5.75 Å². The molecule has 0 saturated carbocycles. The molecule has 1 aromatic rings. The molecule has 1 heterocycles. The first kappa shape index (κ1) is 14.3. The van der Waals surface area contributed by atoms with Crippen LogP contribution in [0.15, 0.2) is 16.8 Å². The van der Waals surface area contributed by atoms with E-state index >= 15 is 0 Å². The van der Waals surface area contributed by atoms with Gasteiger partial charge in [-0.2, -0.15) is 19.8 Å². The predicted molar refractivity (Wildman–Crippen MR) is 68.2 cm³/mol. The van der Waals surface area contributed by atoms with Crippen molar-refractivity contribution >= 4 is 27.2 Å². The number of unbranched alkanes of at least 4 members (excludes halogenated alkanes) is 3. The van der Waals surface area contributed by atoms with Gasteiger partial charge in [-0.05, 0) is 24.3 Å². The molecule has 17 heavy (non-hydrogen) atoms. The van der Waals surface area contributed by atoms with Gasteiger partial charge in [-0.1, -0.05) is 12.8 Å². The third-order valence-electron chi connectivity index (χ3n) is 2.40. The van der Waals surface area contributed by atoms with Crippen LogP contribution in [0.5, 0.6) is 0 Å². The van der Waals surface area contributed by atoms with Crippen LogP contribution in [0.1, 0.15) is 42.5 Å². The summed E-state index contributed by atoms with van der Waals surface area (Å²) in [5.74, 6) is -0.0492. The molecular formula is C11H16O4S2. The molecule has 0 atom stereocenters. The van der Waals surface area contributed by atoms with E-state index < -0.39 is 10.1 Å². The van der Waals surface area contributed by atoms with Gasteiger partial charge in [0.25, 0.3) is 10.1 Å². The standard InChI is InChI=1S/C11H16O4S2/c12-11(10-6-7-16-9-10)5-3-1-2-4-8-17(13,14)15/h6-7,9H,1-5,8H2,(H,13,14,15). The first-order valence-electron chi connectivity index (χ1n) is 5.49. The zero-order chi connectivity index (χ0) is 12.7. The number of thiophene rings is 1. The summed E-state index contributed by atoms with van der Waals surface area (Å²) in [6.07, 6.45) is 3.25. The van der Waals surface area contributed by atoms with E-state index in [1.165, 1.54) is 11.3 Å². The molecule has 0 bridgehead atoms. The second-order valence-electron chi connectivity index (χ2n) is 3.89. The van der Waals surface area contributed by atoms with Gasteiger partial charge in [0, 0.05) is 17.4 Å². The minimum atomic E-state index is -3.83. The summed E-state index contributed by atoms with van der Waals surface area (Å²) in [4.78, 5) is 11.6. The second kappa shape index (κ2) is 6.88. The lowest BCUT2D eigenvalue weighted by molar-refractivity contribution is 0.0979. The number of hydrogen-bond donors (Lipinski definition) is 1. The molecule has 0 aromatic carbocycles. The molecule has 0 amide bonds. The Kier molecular flexibility index (Phi) is 5.80. The van der Waals surface area contributed by atoms with Crippen LogP contribution in [0, 0.1) is 0 Å². The van der Waals surface area contributed by atoms with E-state index in [1.807, 2.05) is 16.8 Å². The first-order chi connectivity index (χ1) is 7.99. The van der Waals surface area contributed by atoms with Crippen LogP contribution in [0.2, 0.25) is 0 Å². The average Bonchev–Trinajstić information content (AvgIpc) is 2.74. The lowest BCUT2D eigenvalue weighted by atomic mass is 10.1. The number of ketones is 1. The van der Waals surface area contributed by atoms with Crippen molar-refractivity contribution in [2.45, 2.75) is 32.1 Å². The van der Waals surface area contributed by atoms with E-state index in [0.29, 0.717) is 12.8 Å². The van der Waals surface area contributed by atoms with Gasteiger partial charge < -0.3 is 0 Å². The Balaban J connectivity index is 2.07. The zero-order valence-electron chi connectivity index (χ0n) is 9.46. The van der Waals surface area contributed by atoms with Crippen molar-refractivity contribution in [3.8, 4) is 0 Å². The molecule has 0 unspecified atom stereocenters. The fraction of sp³-hybridized carbons (Fsp3) is 0.545. The Labute approximate surface area is 105 Å². The van der Waals surface area contributed by atoms with Crippen LogP contribution < -0.4 is 0 Å². The Bertz CT molecular complexity index is 434. The van der Waals surface area contributed by atoms with E-state index in [1.54, 1.807) is 0 Å². The predicted octanol–water partition coefficient (Wildman–Crippen LogP) is 2.77. The fourth-order valence-corrected chi connectivity index (χ4v) is 2.72. The molecule has 6 heteroatoms. The molecule has 0 fully saturated rings. The van der Waals surface area contributed by atoms with E-state index in [4.69, 9.17) is 4.55 Å². The number of carbonyl (C=O) groups is 1. The number of hydrogen-bond acceptors (Lipinski definition) is 4. The van der Waals surface area contributed by atoms with Gasteiger partial charge in [-0.15, -0.1) is 0 Å². The van der Waals surface area contributed by atoms with E-state index in [2.05, 4.69) is 0 Å². The van der Waals surface area contributed by atoms with Gasteiger partial charge in [0.1, 0.15) is 0 Å². The second-order valence-corrected chi connectivity index (χ2v) is 6.24. The van der Waals surface area contributed by atoms with Gasteiger partial charge in [-0.25, -0.2) is 0 Å². The zero-order valence-corrected chi connectivity index (χ0v) is 11.1. The third-order valence-corrected chi connectivity index (χ3v) is 3.89. The maximum atomic E-state index is 11.6. The summed E-state index contributed by atoms with van der Waals surface area (Å²) in [7, 11) is -3.83. The van der Waals surface area contributed by atoms with Crippen molar-refractivity contribution in [2.24, 2.45) is 0 Å². The molecule has 4 nitrogen and oxygen atoms in total. The number of carbonyl (C=O) groups excluding carboxylic acids is 1. The minimum absolute atomic E-state index is 0.140. The average molecular weight is 276 g/mol. The quantitative estimate of drug-likeness (QED) is 0.450. The van der Waals surface area contributed by atoms with Crippen LogP contribution >= 0.6 is 11.3 Å². The maximum Gasteiger partial charge on any atom is 0.264 e. The summed E-state index contributed by atoms with van der Waals surface area (Å²) in [5.41, 5.74) is 0.757. The molecule has 1 rings (SSSR count). The number of Topliss-reactive ketones (excluding diaryl/α,β-unsaturated/α-hetero) is 1. The summed E-state index contributed by atoms with van der Waals surface area (Å²) >= 11 is 1.50. The van der Waals surface area contributed by atoms with Crippen molar-refractivity contribution in [1.29, 1.82) is 0 Å². The first-order valence-corrected chi connectivity index (χ1v) is 8.05. The molecule has 0 saturated heterocycles. The topological polar surface area (TPSA) is 71.4 Å².